The zero-order chi connectivity index (χ0) is 58.1. The minimum Gasteiger partial charge on any atom is -0.491 e. The number of nitrogens with one attached hydrogen (secondary N) is 4. The number of nitrogens with zero attached hydrogens (tertiary/aromatic N) is 6. The lowest BCUT2D eigenvalue weighted by atomic mass is 9.83. The average Bonchev–Trinajstić information content (AvgIpc) is 1.57. The fraction of sp³-hybridized carbons (Fsp3) is 0.567. The number of hydrogen-bond acceptors (Lipinski definition) is 15. The molecule has 83 heavy (non-hydrogen) atoms. The third-order valence-corrected chi connectivity index (χ3v) is 18.2. The number of aromatic nitrogens is 5. The molecule has 3 unspecified atom stereocenters. The summed E-state index contributed by atoms with van der Waals surface area (Å²) in [6, 6.07) is 15.4. The van der Waals surface area contributed by atoms with Crippen LogP contribution in [0.15, 0.2) is 72.4 Å². The highest BCUT2D eigenvalue weighted by Crippen LogP contribution is 2.70. The first kappa shape index (κ1) is 59.7. The van der Waals surface area contributed by atoms with Crippen LogP contribution >= 0.6 is 11.3 Å². The van der Waals surface area contributed by atoms with Crippen molar-refractivity contribution in [1.29, 1.82) is 0 Å². The van der Waals surface area contributed by atoms with Crippen LogP contribution in [0, 0.1) is 23.2 Å². The quantitative estimate of drug-likeness (QED) is 0.0284. The number of H-pyrrole nitrogens is 1. The number of anilines is 1. The number of rotatable bonds is 29. The van der Waals surface area contributed by atoms with Crippen molar-refractivity contribution in [3.63, 3.8) is 0 Å². The van der Waals surface area contributed by atoms with Gasteiger partial charge in [-0.25, -0.2) is 13.8 Å². The minimum absolute atomic E-state index is 0.00810. The van der Waals surface area contributed by atoms with Crippen molar-refractivity contribution in [2.45, 2.75) is 108 Å². The molecule has 20 nitrogen and oxygen atoms in total. The van der Waals surface area contributed by atoms with Crippen LogP contribution in [0.25, 0.3) is 0 Å². The molecule has 4 fully saturated rings. The molecule has 446 valence electrons. The van der Waals surface area contributed by atoms with Gasteiger partial charge in [0.1, 0.15) is 29.1 Å². The standard InChI is InChI=1S/C60H76F2N10O10S/c1-38(63-3)55(75)67-51(39-12-6-4-7-13-39)58(77)71-20-11-18-48(71)57-66-47(37-83-57)54(74)41-16-10-17-44(30-41)82-29-28-81-27-26-80-25-24-79-23-22-78-21-19-50(73)70-34-42(35-70)53(40-14-8-5-9-15-40)72-36-43(33-64-72)65-56(76)52-45-31-49-59(2,60(49,61)62)32-46(45)68-69-52/h5,8-10,14-17,30,33,36-39,42,48-49,51,53,63H,4,6-7,11-13,18-29,31-32,34-35H2,1-3H3,(H,65,76)(H,67,75)(H,68,69)/t38?,48-,49-,51?,53?,59+/m0/s1. The first-order valence-corrected chi connectivity index (χ1v) is 30.1. The van der Waals surface area contributed by atoms with Crippen LogP contribution in [0.4, 0.5) is 14.5 Å². The fourth-order valence-corrected chi connectivity index (χ4v) is 13.1. The van der Waals surface area contributed by atoms with E-state index in [1.54, 1.807) is 72.5 Å². The maximum Gasteiger partial charge on any atom is 0.276 e. The Morgan fingerprint density at radius 1 is 0.855 bits per heavy atom. The van der Waals surface area contributed by atoms with Crippen LogP contribution in [0.5, 0.6) is 5.75 Å². The summed E-state index contributed by atoms with van der Waals surface area (Å²) in [4.78, 5) is 75.8. The van der Waals surface area contributed by atoms with Crippen molar-refractivity contribution in [1.82, 2.24) is 45.4 Å². The molecule has 4 amide bonds. The van der Waals surface area contributed by atoms with Crippen LogP contribution in [0.1, 0.15) is 126 Å². The van der Waals surface area contributed by atoms with Gasteiger partial charge in [-0.05, 0) is 69.7 Å². The van der Waals surface area contributed by atoms with E-state index in [-0.39, 0.29) is 85.6 Å². The third-order valence-electron chi connectivity index (χ3n) is 17.3. The Morgan fingerprint density at radius 3 is 2.29 bits per heavy atom. The molecular weight excluding hydrogens is 1090 g/mol. The second kappa shape index (κ2) is 27.0. The Bertz CT molecular complexity index is 3040. The van der Waals surface area contributed by atoms with E-state index < -0.39 is 35.2 Å². The first-order valence-electron chi connectivity index (χ1n) is 29.2. The van der Waals surface area contributed by atoms with Gasteiger partial charge in [0, 0.05) is 71.7 Å². The fourth-order valence-electron chi connectivity index (χ4n) is 12.2. The third kappa shape index (κ3) is 13.7. The molecule has 5 aliphatic rings. The van der Waals surface area contributed by atoms with Gasteiger partial charge in [0.05, 0.1) is 89.3 Å². The van der Waals surface area contributed by atoms with E-state index in [2.05, 4.69) is 31.2 Å². The van der Waals surface area contributed by atoms with Crippen LogP contribution < -0.4 is 20.7 Å². The van der Waals surface area contributed by atoms with Gasteiger partial charge in [0.25, 0.3) is 11.8 Å². The molecule has 23 heteroatoms. The number of alkyl halides is 2. The summed E-state index contributed by atoms with van der Waals surface area (Å²) in [5.74, 6) is -3.86. The van der Waals surface area contributed by atoms with Crippen LogP contribution in [0.2, 0.25) is 0 Å². The zero-order valence-electron chi connectivity index (χ0n) is 47.5. The van der Waals surface area contributed by atoms with Gasteiger partial charge in [-0.1, -0.05) is 68.7 Å². The van der Waals surface area contributed by atoms with Crippen molar-refractivity contribution >= 4 is 46.4 Å². The number of benzene rings is 2. The Balaban J connectivity index is 0.567. The second-order valence-electron chi connectivity index (χ2n) is 22.6. The summed E-state index contributed by atoms with van der Waals surface area (Å²) < 4.78 is 59.3. The summed E-state index contributed by atoms with van der Waals surface area (Å²) in [6.07, 6.45) is 10.4. The van der Waals surface area contributed by atoms with Crippen molar-refractivity contribution < 1.29 is 56.4 Å². The van der Waals surface area contributed by atoms with Crippen molar-refractivity contribution in [3.8, 4) is 5.75 Å². The molecule has 3 aliphatic carbocycles. The molecule has 0 bridgehead atoms. The number of fused-ring (bicyclic) bond motifs is 2. The molecule has 2 saturated carbocycles. The highest BCUT2D eigenvalue weighted by Gasteiger charge is 2.78. The lowest BCUT2D eigenvalue weighted by molar-refractivity contribution is -0.140. The molecule has 10 rings (SSSR count). The number of carbonyl (C=O) groups is 5. The molecule has 6 atom stereocenters. The van der Waals surface area contributed by atoms with Crippen LogP contribution in [-0.4, -0.2) is 168 Å². The highest BCUT2D eigenvalue weighted by atomic mass is 32.1. The number of likely N-dealkylation sites (tertiary alicyclic amines) is 2. The number of amides is 4. The smallest absolute Gasteiger partial charge is 0.276 e. The molecular formula is C60H76F2N10O10S. The van der Waals surface area contributed by atoms with Gasteiger partial charge in [0.15, 0.2) is 5.69 Å². The van der Waals surface area contributed by atoms with Crippen molar-refractivity contribution in [2.75, 3.05) is 91.5 Å². The number of hydrogen-bond donors (Lipinski definition) is 4. The number of likely N-dealkylation sites (N-methyl/N-ethyl adjacent to an activating group) is 1. The Kier molecular flexibility index (Phi) is 19.4. The van der Waals surface area contributed by atoms with Gasteiger partial charge < -0.3 is 49.4 Å². The summed E-state index contributed by atoms with van der Waals surface area (Å²) in [6.45, 7) is 8.01. The number of ketones is 1. The number of carbonyl (C=O) groups excluding carboxylic acids is 5. The monoisotopic (exact) mass is 1170 g/mol. The molecule has 2 saturated heterocycles. The lowest BCUT2D eigenvalue weighted by Crippen LogP contribution is -2.55. The summed E-state index contributed by atoms with van der Waals surface area (Å²) in [7, 11) is 1.73. The van der Waals surface area contributed by atoms with E-state index in [4.69, 9.17) is 28.7 Å². The van der Waals surface area contributed by atoms with Crippen molar-refractivity contribution in [2.24, 2.45) is 23.2 Å². The maximum atomic E-state index is 14.5. The van der Waals surface area contributed by atoms with E-state index in [1.165, 1.54) is 11.3 Å². The molecule has 0 radical (unpaired) electrons. The SMILES string of the molecule is CNC(C)C(=O)NC(C(=O)N1CCC[C@H]1c1nc(C(=O)c2cccc(OCCOCCOCCOCCOCCC(=O)N3CC(C(c4ccccc4)n4cc(NC(=O)c5n[nH]c6c5C[C@@H]5C(F)(F)[C@]5(C)C6)cn4)C3)c2)cs1)C1CCCCC1. The summed E-state index contributed by atoms with van der Waals surface area (Å²) >= 11 is 1.38. The predicted molar refractivity (Wildman–Crippen MR) is 303 cm³/mol. The van der Waals surface area contributed by atoms with E-state index >= 15 is 0 Å². The molecule has 0 spiro atoms. The summed E-state index contributed by atoms with van der Waals surface area (Å²) in [5, 5.41) is 23.0. The topological polar surface area (TPSA) is 233 Å². The molecule has 5 heterocycles. The number of thiazole rings is 1. The maximum absolute atomic E-state index is 14.5. The number of aromatic amines is 1. The average molecular weight is 1170 g/mol. The second-order valence-corrected chi connectivity index (χ2v) is 23.5. The zero-order valence-corrected chi connectivity index (χ0v) is 48.3. The van der Waals surface area contributed by atoms with Gasteiger partial charge in [-0.3, -0.25) is 33.8 Å². The van der Waals surface area contributed by atoms with Gasteiger partial charge in [-0.15, -0.1) is 11.3 Å². The highest BCUT2D eigenvalue weighted by molar-refractivity contribution is 7.10. The van der Waals surface area contributed by atoms with Crippen LogP contribution in [-0.2, 0) is 46.2 Å². The molecule has 3 aromatic heterocycles. The van der Waals surface area contributed by atoms with Gasteiger partial charge >= 0.3 is 0 Å². The van der Waals surface area contributed by atoms with E-state index in [1.807, 2.05) is 35.2 Å². The molecule has 2 aliphatic heterocycles. The molecule has 2 aromatic carbocycles. The predicted octanol–water partition coefficient (Wildman–Crippen LogP) is 6.84. The normalized spacial score (nSPS) is 21.3. The summed E-state index contributed by atoms with van der Waals surface area (Å²) in [5.41, 5.74) is 2.38. The van der Waals surface area contributed by atoms with Crippen LogP contribution in [0.3, 0.4) is 0 Å². The largest absolute Gasteiger partial charge is 0.491 e. The first-order chi connectivity index (χ1) is 40.2. The Morgan fingerprint density at radius 2 is 1.57 bits per heavy atom. The number of ether oxygens (including phenoxy) is 5. The Labute approximate surface area is 486 Å². The van der Waals surface area contributed by atoms with Gasteiger partial charge in [-0.2, -0.15) is 10.2 Å². The Hall–Kier alpha value is -6.50. The molecule has 5 aromatic rings. The van der Waals surface area contributed by atoms with E-state index in [0.29, 0.717) is 99.8 Å². The lowest BCUT2D eigenvalue weighted by Gasteiger charge is -2.43. The van der Waals surface area contributed by atoms with E-state index in [9.17, 15) is 32.8 Å². The number of halogens is 2. The van der Waals surface area contributed by atoms with E-state index in [0.717, 1.165) is 55.5 Å². The van der Waals surface area contributed by atoms with Crippen molar-refractivity contribution in [3.05, 3.63) is 111 Å². The minimum atomic E-state index is -2.76. The molecule has 4 N–H and O–H groups in total. The van der Waals surface area contributed by atoms with Gasteiger partial charge in [0.2, 0.25) is 23.5 Å².